The summed E-state index contributed by atoms with van der Waals surface area (Å²) in [5.74, 6) is 0. The molecule has 102 valence electrons. The van der Waals surface area contributed by atoms with Crippen molar-refractivity contribution in [2.45, 2.75) is 24.3 Å². The normalized spacial score (nSPS) is 12.5. The van der Waals surface area contributed by atoms with Crippen LogP contribution in [0.5, 0.6) is 0 Å². The van der Waals surface area contributed by atoms with Crippen LogP contribution in [-0.2, 0) is 10.0 Å². The fourth-order valence-electron chi connectivity index (χ4n) is 1.45. The Morgan fingerprint density at radius 3 is 2.33 bits per heavy atom. The van der Waals surface area contributed by atoms with Gasteiger partial charge >= 0.3 is 0 Å². The second kappa shape index (κ2) is 4.75. The van der Waals surface area contributed by atoms with Gasteiger partial charge < -0.3 is 15.7 Å². The van der Waals surface area contributed by atoms with Gasteiger partial charge in [-0.15, -0.1) is 0 Å². The highest BCUT2D eigenvalue weighted by Crippen LogP contribution is 2.29. The van der Waals surface area contributed by atoms with Gasteiger partial charge in [0.25, 0.3) is 0 Å². The molecular weight excluding hydrogens is 254 g/mol. The van der Waals surface area contributed by atoms with Crippen molar-refractivity contribution in [2.24, 2.45) is 5.14 Å². The van der Waals surface area contributed by atoms with Gasteiger partial charge in [0, 0.05) is 7.05 Å². The largest absolute Gasteiger partial charge is 0.397 e. The van der Waals surface area contributed by atoms with Gasteiger partial charge in [0.05, 0.1) is 28.4 Å². The first-order chi connectivity index (χ1) is 8.09. The predicted octanol–water partition coefficient (Wildman–Crippen LogP) is 0.123. The Morgan fingerprint density at radius 2 is 1.94 bits per heavy atom. The molecule has 0 aliphatic rings. The Labute approximate surface area is 107 Å². The summed E-state index contributed by atoms with van der Waals surface area (Å²) in [7, 11) is -1.98. The molecule has 0 heterocycles. The molecule has 0 saturated heterocycles. The third-order valence-electron chi connectivity index (χ3n) is 2.98. The predicted molar refractivity (Wildman–Crippen MR) is 71.8 cm³/mol. The van der Waals surface area contributed by atoms with E-state index >= 15 is 0 Å². The van der Waals surface area contributed by atoms with E-state index in [1.165, 1.54) is 12.1 Å². The Morgan fingerprint density at radius 1 is 1.39 bits per heavy atom. The van der Waals surface area contributed by atoms with E-state index in [-0.39, 0.29) is 11.5 Å². The highest BCUT2D eigenvalue weighted by atomic mass is 32.2. The lowest BCUT2D eigenvalue weighted by Gasteiger charge is -2.36. The summed E-state index contributed by atoms with van der Waals surface area (Å²) in [4.78, 5) is 1.76. The lowest BCUT2D eigenvalue weighted by atomic mass is 10.0. The van der Waals surface area contributed by atoms with Gasteiger partial charge in [-0.25, -0.2) is 13.6 Å². The first-order valence-electron chi connectivity index (χ1n) is 5.36. The van der Waals surface area contributed by atoms with E-state index in [1.807, 2.05) is 13.8 Å². The molecular formula is C11H19N3O3S. The van der Waals surface area contributed by atoms with Gasteiger partial charge in [-0.1, -0.05) is 0 Å². The first-order valence-corrected chi connectivity index (χ1v) is 6.91. The standard InChI is InChI=1S/C11H19N3O3S/c1-11(2,7-15)14(3)10-5-4-8(6-9(10)12)18(13,16)17/h4-6,15H,7,12H2,1-3H3,(H2,13,16,17). The maximum absolute atomic E-state index is 11.2. The summed E-state index contributed by atoms with van der Waals surface area (Å²) in [6.07, 6.45) is 0. The number of aliphatic hydroxyl groups is 1. The third kappa shape index (κ3) is 2.92. The van der Waals surface area contributed by atoms with Crippen molar-refractivity contribution in [1.82, 2.24) is 0 Å². The number of likely N-dealkylation sites (N-methyl/N-ethyl adjacent to an activating group) is 1. The molecule has 0 amide bonds. The van der Waals surface area contributed by atoms with Crippen LogP contribution < -0.4 is 15.8 Å². The van der Waals surface area contributed by atoms with Crippen molar-refractivity contribution in [3.8, 4) is 0 Å². The number of nitrogens with zero attached hydrogens (tertiary/aromatic N) is 1. The average Bonchev–Trinajstić information content (AvgIpc) is 2.26. The highest BCUT2D eigenvalue weighted by Gasteiger charge is 2.24. The molecule has 0 fully saturated rings. The van der Waals surface area contributed by atoms with Crippen molar-refractivity contribution in [1.29, 1.82) is 0 Å². The number of anilines is 2. The summed E-state index contributed by atoms with van der Waals surface area (Å²) in [5.41, 5.74) is 6.26. The lowest BCUT2D eigenvalue weighted by Crippen LogP contribution is -2.44. The van der Waals surface area contributed by atoms with Crippen LogP contribution in [0, 0.1) is 0 Å². The number of hydrogen-bond acceptors (Lipinski definition) is 5. The van der Waals surface area contributed by atoms with Crippen LogP contribution in [0.2, 0.25) is 0 Å². The molecule has 1 aromatic rings. The summed E-state index contributed by atoms with van der Waals surface area (Å²) in [5, 5.41) is 14.3. The molecule has 0 bridgehead atoms. The molecule has 0 spiro atoms. The number of sulfonamides is 1. The van der Waals surface area contributed by atoms with Gasteiger partial charge in [-0.3, -0.25) is 0 Å². The Kier molecular flexibility index (Phi) is 3.89. The molecule has 6 nitrogen and oxygen atoms in total. The molecule has 1 rings (SSSR count). The zero-order chi connectivity index (χ0) is 14.1. The third-order valence-corrected chi connectivity index (χ3v) is 3.89. The molecule has 0 saturated carbocycles. The number of rotatable bonds is 4. The topological polar surface area (TPSA) is 110 Å². The smallest absolute Gasteiger partial charge is 0.238 e. The molecule has 7 heteroatoms. The lowest BCUT2D eigenvalue weighted by molar-refractivity contribution is 0.216. The van der Waals surface area contributed by atoms with E-state index in [1.54, 1.807) is 18.0 Å². The van der Waals surface area contributed by atoms with Crippen molar-refractivity contribution < 1.29 is 13.5 Å². The monoisotopic (exact) mass is 273 g/mol. The van der Waals surface area contributed by atoms with Gasteiger partial charge in [0.2, 0.25) is 10.0 Å². The van der Waals surface area contributed by atoms with E-state index < -0.39 is 15.6 Å². The minimum absolute atomic E-state index is 0.0287. The zero-order valence-corrected chi connectivity index (χ0v) is 11.5. The fourth-order valence-corrected chi connectivity index (χ4v) is 2.00. The van der Waals surface area contributed by atoms with Crippen LogP contribution in [0.25, 0.3) is 0 Å². The molecule has 0 aliphatic carbocycles. The Bertz CT molecular complexity index is 540. The minimum atomic E-state index is -3.76. The van der Waals surface area contributed by atoms with Gasteiger partial charge in [-0.05, 0) is 32.0 Å². The maximum atomic E-state index is 11.2. The molecule has 0 unspecified atom stereocenters. The van der Waals surface area contributed by atoms with Crippen molar-refractivity contribution >= 4 is 21.4 Å². The molecule has 18 heavy (non-hydrogen) atoms. The number of primary sulfonamides is 1. The van der Waals surface area contributed by atoms with Crippen LogP contribution in [0.1, 0.15) is 13.8 Å². The highest BCUT2D eigenvalue weighted by molar-refractivity contribution is 7.89. The van der Waals surface area contributed by atoms with E-state index in [9.17, 15) is 13.5 Å². The average molecular weight is 273 g/mol. The number of benzene rings is 1. The van der Waals surface area contributed by atoms with E-state index in [0.29, 0.717) is 11.4 Å². The second-order valence-corrected chi connectivity index (χ2v) is 6.36. The van der Waals surface area contributed by atoms with Gasteiger partial charge in [-0.2, -0.15) is 0 Å². The first kappa shape index (κ1) is 14.7. The molecule has 0 radical (unpaired) electrons. The Balaban J connectivity index is 3.23. The maximum Gasteiger partial charge on any atom is 0.238 e. The molecule has 1 aromatic carbocycles. The summed E-state index contributed by atoms with van der Waals surface area (Å²) in [6, 6.07) is 4.28. The van der Waals surface area contributed by atoms with E-state index in [2.05, 4.69) is 0 Å². The van der Waals surface area contributed by atoms with Crippen molar-refractivity contribution in [3.63, 3.8) is 0 Å². The number of aliphatic hydroxyl groups excluding tert-OH is 1. The molecule has 0 atom stereocenters. The van der Waals surface area contributed by atoms with Crippen molar-refractivity contribution in [3.05, 3.63) is 18.2 Å². The fraction of sp³-hybridized carbons (Fsp3) is 0.455. The van der Waals surface area contributed by atoms with Gasteiger partial charge in [0.15, 0.2) is 0 Å². The van der Waals surface area contributed by atoms with E-state index in [4.69, 9.17) is 10.9 Å². The SMILES string of the molecule is CN(c1ccc(S(N)(=O)=O)cc1N)C(C)(C)CO. The van der Waals surface area contributed by atoms with E-state index in [0.717, 1.165) is 0 Å². The van der Waals surface area contributed by atoms with Crippen LogP contribution in [0.4, 0.5) is 11.4 Å². The van der Waals surface area contributed by atoms with Crippen LogP contribution in [0.3, 0.4) is 0 Å². The van der Waals surface area contributed by atoms with Crippen LogP contribution in [0.15, 0.2) is 23.1 Å². The zero-order valence-electron chi connectivity index (χ0n) is 10.7. The molecule has 5 N–H and O–H groups in total. The van der Waals surface area contributed by atoms with Crippen molar-refractivity contribution in [2.75, 3.05) is 24.3 Å². The number of nitrogen functional groups attached to an aromatic ring is 1. The molecule has 0 aliphatic heterocycles. The summed E-state index contributed by atoms with van der Waals surface area (Å²) in [6.45, 7) is 3.64. The minimum Gasteiger partial charge on any atom is -0.397 e. The van der Waals surface area contributed by atoms with Crippen LogP contribution in [-0.4, -0.2) is 32.7 Å². The second-order valence-electron chi connectivity index (χ2n) is 4.80. The quantitative estimate of drug-likeness (QED) is 0.675. The number of hydrogen-bond donors (Lipinski definition) is 3. The van der Waals surface area contributed by atoms with Crippen LogP contribution >= 0.6 is 0 Å². The van der Waals surface area contributed by atoms with Gasteiger partial charge in [0.1, 0.15) is 0 Å². The summed E-state index contributed by atoms with van der Waals surface area (Å²) >= 11 is 0. The molecule has 0 aromatic heterocycles. The Hall–Kier alpha value is -1.31. The summed E-state index contributed by atoms with van der Waals surface area (Å²) < 4.78 is 22.4. The number of nitrogens with two attached hydrogens (primary N) is 2.